The number of benzene rings is 1. The van der Waals surface area contributed by atoms with Crippen LogP contribution in [0.4, 0.5) is 10.5 Å². The second-order valence-corrected chi connectivity index (χ2v) is 10.3. The van der Waals surface area contributed by atoms with E-state index in [2.05, 4.69) is 20.7 Å². The van der Waals surface area contributed by atoms with Crippen LogP contribution in [0.2, 0.25) is 0 Å². The summed E-state index contributed by atoms with van der Waals surface area (Å²) in [5.74, 6) is 0. The summed E-state index contributed by atoms with van der Waals surface area (Å²) in [5, 5.41) is 28.5. The summed E-state index contributed by atoms with van der Waals surface area (Å²) in [5.41, 5.74) is 4.70. The molecule has 2 aliphatic rings. The molecule has 1 heterocycles. The first kappa shape index (κ1) is 21.4. The number of nitriles is 1. The van der Waals surface area contributed by atoms with E-state index in [0.29, 0.717) is 11.3 Å². The lowest BCUT2D eigenvalue weighted by Crippen LogP contribution is -2.21. The fourth-order valence-corrected chi connectivity index (χ4v) is 5.38. The Morgan fingerprint density at radius 3 is 2.35 bits per heavy atom. The molecule has 9 heteroatoms. The lowest BCUT2D eigenvalue weighted by atomic mass is 9.93. The van der Waals surface area contributed by atoms with E-state index in [4.69, 9.17) is 5.14 Å². The van der Waals surface area contributed by atoms with Crippen LogP contribution < -0.4 is 10.5 Å². The number of nitrogens with one attached hydrogen (secondary N) is 1. The van der Waals surface area contributed by atoms with E-state index in [1.54, 1.807) is 19.9 Å². The first-order chi connectivity index (χ1) is 14.6. The number of fused-ring (bicyclic) bond motifs is 2. The highest BCUT2D eigenvalue weighted by molar-refractivity contribution is 7.91. The Balaban J connectivity index is 1.71. The number of aromatic nitrogens is 1. The minimum atomic E-state index is -3.61. The van der Waals surface area contributed by atoms with Crippen molar-refractivity contribution in [3.63, 3.8) is 0 Å². The highest BCUT2D eigenvalue weighted by atomic mass is 32.2. The molecule has 162 valence electrons. The molecule has 2 aromatic rings. The van der Waals surface area contributed by atoms with Gasteiger partial charge in [0.05, 0.1) is 17.2 Å². The van der Waals surface area contributed by atoms with Gasteiger partial charge in [-0.25, -0.2) is 19.1 Å². The molecular formula is C22H25N5O3S. The largest absolute Gasteiger partial charge is 0.386 e. The first-order valence-electron chi connectivity index (χ1n) is 10.3. The van der Waals surface area contributed by atoms with Crippen molar-refractivity contribution in [3.05, 3.63) is 51.7 Å². The summed E-state index contributed by atoms with van der Waals surface area (Å²) < 4.78 is 16.7. The standard InChI is InChI=1S/C22H25N5O3S/c1-22(2,29)13-9-10-25-19(11-13)31(24,30)27-21(28)26-20-16-7-3-5-14(16)18(12-23)15-6-4-8-17(15)20/h9-11,29H,3-8H2,1-2H3,(H3,24,26,27,28,30). The van der Waals surface area contributed by atoms with Gasteiger partial charge >= 0.3 is 6.03 Å². The summed E-state index contributed by atoms with van der Waals surface area (Å²) in [6, 6.07) is 4.53. The molecule has 8 nitrogen and oxygen atoms in total. The van der Waals surface area contributed by atoms with Gasteiger partial charge in [-0.05, 0) is 92.3 Å². The zero-order valence-electron chi connectivity index (χ0n) is 17.6. The monoisotopic (exact) mass is 439 g/mol. The van der Waals surface area contributed by atoms with E-state index in [1.165, 1.54) is 12.3 Å². The number of anilines is 1. The average molecular weight is 440 g/mol. The van der Waals surface area contributed by atoms with Gasteiger partial charge in [-0.1, -0.05) is 0 Å². The maximum atomic E-state index is 13.0. The fourth-order valence-electron chi connectivity index (χ4n) is 4.49. The van der Waals surface area contributed by atoms with E-state index in [9.17, 15) is 19.4 Å². The lowest BCUT2D eigenvalue weighted by Gasteiger charge is -2.18. The third kappa shape index (κ3) is 3.94. The summed E-state index contributed by atoms with van der Waals surface area (Å²) in [6.45, 7) is 3.17. The maximum absolute atomic E-state index is 13.0. The number of rotatable bonds is 3. The lowest BCUT2D eigenvalue weighted by molar-refractivity contribution is 0.0782. The Bertz CT molecular complexity index is 1210. The normalized spacial score (nSPS) is 16.7. The minimum Gasteiger partial charge on any atom is -0.386 e. The number of carbonyl (C=O) groups is 1. The van der Waals surface area contributed by atoms with E-state index in [1.807, 2.05) is 0 Å². The van der Waals surface area contributed by atoms with Crippen LogP contribution in [0, 0.1) is 11.3 Å². The van der Waals surface area contributed by atoms with Gasteiger partial charge in [-0.15, -0.1) is 4.36 Å². The van der Waals surface area contributed by atoms with Gasteiger partial charge in [-0.3, -0.25) is 0 Å². The summed E-state index contributed by atoms with van der Waals surface area (Å²) >= 11 is 0. The Hall–Kier alpha value is -2.80. The molecule has 0 saturated carbocycles. The molecule has 2 amide bonds. The van der Waals surface area contributed by atoms with Gasteiger partial charge in [0.1, 0.15) is 0 Å². The number of nitrogens with two attached hydrogens (primary N) is 1. The van der Waals surface area contributed by atoms with E-state index < -0.39 is 21.5 Å². The Labute approximate surface area is 181 Å². The third-order valence-corrected chi connectivity index (χ3v) is 7.21. The highest BCUT2D eigenvalue weighted by Gasteiger charge is 2.29. The molecule has 0 saturated heterocycles. The maximum Gasteiger partial charge on any atom is 0.354 e. The van der Waals surface area contributed by atoms with Gasteiger partial charge < -0.3 is 10.4 Å². The molecule has 2 aliphatic carbocycles. The van der Waals surface area contributed by atoms with E-state index >= 15 is 0 Å². The molecular weight excluding hydrogens is 414 g/mol. The van der Waals surface area contributed by atoms with E-state index in [-0.39, 0.29) is 5.03 Å². The Morgan fingerprint density at radius 2 is 1.81 bits per heavy atom. The summed E-state index contributed by atoms with van der Waals surface area (Å²) in [6.07, 6.45) is 6.41. The highest BCUT2D eigenvalue weighted by Crippen LogP contribution is 2.41. The minimum absolute atomic E-state index is 0.0717. The number of pyridine rings is 1. The zero-order chi connectivity index (χ0) is 22.4. The van der Waals surface area contributed by atoms with Crippen LogP contribution in [0.5, 0.6) is 0 Å². The number of nitrogens with zero attached hydrogens (tertiary/aromatic N) is 3. The van der Waals surface area contributed by atoms with Crippen LogP contribution in [0.25, 0.3) is 0 Å². The van der Waals surface area contributed by atoms with E-state index in [0.717, 1.165) is 66.3 Å². The SMILES string of the molecule is CC(C)(O)c1ccnc(S(N)(=O)=NC(=O)Nc2c3c(c(C#N)c4c2CCC4)CCC3)c1. The van der Waals surface area contributed by atoms with Crippen LogP contribution in [0.1, 0.15) is 60.1 Å². The molecule has 0 aliphatic heterocycles. The molecule has 4 rings (SSSR count). The van der Waals surface area contributed by atoms with Crippen molar-refractivity contribution < 1.29 is 14.1 Å². The summed E-state index contributed by atoms with van der Waals surface area (Å²) in [4.78, 5) is 16.8. The number of amides is 2. The summed E-state index contributed by atoms with van der Waals surface area (Å²) in [7, 11) is -3.61. The first-order valence-corrected chi connectivity index (χ1v) is 11.8. The topological polar surface area (TPSA) is 141 Å². The van der Waals surface area contributed by atoms with Gasteiger partial charge in [0.2, 0.25) is 0 Å². The molecule has 0 bridgehead atoms. The number of aliphatic hydroxyl groups is 1. The van der Waals surface area contributed by atoms with Crippen LogP contribution in [-0.4, -0.2) is 20.3 Å². The second kappa shape index (κ2) is 7.71. The van der Waals surface area contributed by atoms with Crippen molar-refractivity contribution >= 4 is 21.6 Å². The van der Waals surface area contributed by atoms with Gasteiger partial charge in [-0.2, -0.15) is 5.26 Å². The molecule has 1 unspecified atom stereocenters. The predicted molar refractivity (Wildman–Crippen MR) is 117 cm³/mol. The molecule has 1 atom stereocenters. The van der Waals surface area contributed by atoms with Crippen LogP contribution >= 0.6 is 0 Å². The van der Waals surface area contributed by atoms with Crippen molar-refractivity contribution in [2.75, 3.05) is 5.32 Å². The Morgan fingerprint density at radius 1 is 1.23 bits per heavy atom. The van der Waals surface area contributed by atoms with Crippen LogP contribution in [0.3, 0.4) is 0 Å². The molecule has 1 aromatic heterocycles. The molecule has 31 heavy (non-hydrogen) atoms. The molecule has 4 N–H and O–H groups in total. The number of carbonyl (C=O) groups excluding carboxylic acids is 1. The Kier molecular flexibility index (Phi) is 5.33. The number of urea groups is 1. The third-order valence-electron chi connectivity index (χ3n) is 5.95. The predicted octanol–water partition coefficient (Wildman–Crippen LogP) is 3.09. The zero-order valence-corrected chi connectivity index (χ0v) is 18.4. The number of hydrogen-bond acceptors (Lipinski definition) is 5. The quantitative estimate of drug-likeness (QED) is 0.674. The number of hydrogen-bond donors (Lipinski definition) is 3. The van der Waals surface area contributed by atoms with Crippen LogP contribution in [-0.2, 0) is 41.2 Å². The molecule has 1 aromatic carbocycles. The fraction of sp³-hybridized carbons (Fsp3) is 0.409. The van der Waals surface area contributed by atoms with Gasteiger partial charge in [0.15, 0.2) is 14.9 Å². The molecule has 0 spiro atoms. The second-order valence-electron chi connectivity index (χ2n) is 8.51. The molecule has 0 radical (unpaired) electrons. The van der Waals surface area contributed by atoms with Gasteiger partial charge in [0, 0.05) is 11.9 Å². The van der Waals surface area contributed by atoms with Gasteiger partial charge in [0.25, 0.3) is 0 Å². The van der Waals surface area contributed by atoms with Crippen molar-refractivity contribution in [3.8, 4) is 6.07 Å². The average Bonchev–Trinajstić information content (AvgIpc) is 3.37. The van der Waals surface area contributed by atoms with Crippen molar-refractivity contribution in [1.29, 1.82) is 5.26 Å². The smallest absolute Gasteiger partial charge is 0.354 e. The van der Waals surface area contributed by atoms with Crippen molar-refractivity contribution in [2.45, 2.75) is 63.0 Å². The van der Waals surface area contributed by atoms with Crippen LogP contribution in [0.15, 0.2) is 27.7 Å². The molecule has 0 fully saturated rings. The van der Waals surface area contributed by atoms with Crippen molar-refractivity contribution in [2.24, 2.45) is 9.50 Å². The van der Waals surface area contributed by atoms with Crippen molar-refractivity contribution in [1.82, 2.24) is 4.98 Å².